The molecule has 6 rings (SSSR count). The van der Waals surface area contributed by atoms with Gasteiger partial charge in [-0.25, -0.2) is 14.4 Å². The van der Waals surface area contributed by atoms with Crippen LogP contribution in [-0.4, -0.2) is 71.1 Å². The Balaban J connectivity index is 1.12. The number of aromatic nitrogens is 3. The van der Waals surface area contributed by atoms with Crippen molar-refractivity contribution in [2.45, 2.75) is 32.8 Å². The molecule has 4 heterocycles. The molecule has 2 aliphatic rings. The van der Waals surface area contributed by atoms with Crippen LogP contribution in [0.2, 0.25) is 0 Å². The van der Waals surface area contributed by atoms with Crippen LogP contribution >= 0.6 is 0 Å². The van der Waals surface area contributed by atoms with Crippen molar-refractivity contribution in [3.63, 3.8) is 0 Å². The third-order valence-corrected chi connectivity index (χ3v) is 8.60. The van der Waals surface area contributed by atoms with E-state index in [-0.39, 0.29) is 17.2 Å². The molecule has 2 aromatic heterocycles. The summed E-state index contributed by atoms with van der Waals surface area (Å²) in [7, 11) is 0. The van der Waals surface area contributed by atoms with E-state index >= 15 is 0 Å². The van der Waals surface area contributed by atoms with Crippen LogP contribution in [0.25, 0.3) is 16.9 Å². The molecule has 2 fully saturated rings. The number of carbonyl (C=O) groups is 1. The SMILES string of the molecule is CCc1cc(Nc2nccn3c(-c4ccc(OC(F)F)c(F)c4F)cnc23)ccc1C(=O)NCC1CCN(CC2CNC2)CC1. The Morgan fingerprint density at radius 1 is 1.09 bits per heavy atom. The number of hydrogen-bond donors (Lipinski definition) is 3. The van der Waals surface area contributed by atoms with Gasteiger partial charge in [0, 0.05) is 55.4 Å². The number of amides is 1. The standard InChI is InChI=1S/C32H35F4N7O2/c1-2-21-13-22(3-4-23(21)31(44)40-16-19-7-10-42(11-8-19)18-20-14-37-15-20)41-29-30-39-17-25(43(30)12-9-38-29)24-5-6-26(45-32(35)36)28(34)27(24)33/h3-6,9,12-13,17,19-20,32,37H,2,7-8,10-11,14-16,18H2,1H3,(H,38,41)(H,40,44). The molecule has 9 nitrogen and oxygen atoms in total. The van der Waals surface area contributed by atoms with Crippen molar-refractivity contribution in [1.82, 2.24) is 29.9 Å². The zero-order valence-electron chi connectivity index (χ0n) is 24.8. The first-order valence-electron chi connectivity index (χ1n) is 15.2. The Morgan fingerprint density at radius 3 is 2.60 bits per heavy atom. The largest absolute Gasteiger partial charge is 0.432 e. The van der Waals surface area contributed by atoms with Gasteiger partial charge in [0.1, 0.15) is 0 Å². The number of aryl methyl sites for hydroxylation is 1. The molecule has 3 N–H and O–H groups in total. The van der Waals surface area contributed by atoms with Gasteiger partial charge in [-0.3, -0.25) is 9.20 Å². The number of halogens is 4. The van der Waals surface area contributed by atoms with Gasteiger partial charge in [-0.15, -0.1) is 0 Å². The van der Waals surface area contributed by atoms with Crippen molar-refractivity contribution in [1.29, 1.82) is 0 Å². The molecule has 2 aromatic carbocycles. The van der Waals surface area contributed by atoms with Crippen LogP contribution in [0.4, 0.5) is 29.1 Å². The normalized spacial score (nSPS) is 16.2. The molecule has 0 radical (unpaired) electrons. The lowest BCUT2D eigenvalue weighted by molar-refractivity contribution is -0.0525. The van der Waals surface area contributed by atoms with E-state index in [4.69, 9.17) is 0 Å². The number of benzene rings is 2. The quantitative estimate of drug-likeness (QED) is 0.196. The van der Waals surface area contributed by atoms with E-state index in [1.165, 1.54) is 23.0 Å². The molecule has 238 valence electrons. The van der Waals surface area contributed by atoms with E-state index in [1.807, 2.05) is 13.0 Å². The average molecular weight is 626 g/mol. The van der Waals surface area contributed by atoms with Gasteiger partial charge >= 0.3 is 6.61 Å². The maximum absolute atomic E-state index is 14.9. The number of rotatable bonds is 11. The second kappa shape index (κ2) is 13.4. The summed E-state index contributed by atoms with van der Waals surface area (Å²) < 4.78 is 59.9. The molecule has 0 atom stereocenters. The maximum Gasteiger partial charge on any atom is 0.387 e. The van der Waals surface area contributed by atoms with Crippen molar-refractivity contribution in [3.05, 3.63) is 71.7 Å². The van der Waals surface area contributed by atoms with Crippen LogP contribution in [0.5, 0.6) is 5.75 Å². The molecule has 45 heavy (non-hydrogen) atoms. The predicted molar refractivity (Wildman–Crippen MR) is 162 cm³/mol. The highest BCUT2D eigenvalue weighted by Crippen LogP contribution is 2.32. The van der Waals surface area contributed by atoms with Crippen LogP contribution in [-0.2, 0) is 6.42 Å². The topological polar surface area (TPSA) is 95.8 Å². The summed E-state index contributed by atoms with van der Waals surface area (Å²) in [6.45, 7) is 4.89. The number of hydrogen-bond acceptors (Lipinski definition) is 7. The Kier molecular flexibility index (Phi) is 9.17. The number of carbonyl (C=O) groups excluding carboxylic acids is 1. The fourth-order valence-corrected chi connectivity index (χ4v) is 5.99. The Morgan fingerprint density at radius 2 is 1.89 bits per heavy atom. The smallest absolute Gasteiger partial charge is 0.387 e. The summed E-state index contributed by atoms with van der Waals surface area (Å²) in [5.74, 6) is -2.25. The number of nitrogens with zero attached hydrogens (tertiary/aromatic N) is 4. The predicted octanol–water partition coefficient (Wildman–Crippen LogP) is 5.24. The summed E-state index contributed by atoms with van der Waals surface area (Å²) in [5.41, 5.74) is 2.49. The minimum Gasteiger partial charge on any atom is -0.432 e. The van der Waals surface area contributed by atoms with E-state index in [9.17, 15) is 22.4 Å². The van der Waals surface area contributed by atoms with Gasteiger partial charge in [0.15, 0.2) is 23.0 Å². The molecule has 1 amide bonds. The average Bonchev–Trinajstić information content (AvgIpc) is 3.45. The second-order valence-electron chi connectivity index (χ2n) is 11.6. The van der Waals surface area contributed by atoms with Crippen molar-refractivity contribution < 1.29 is 27.1 Å². The summed E-state index contributed by atoms with van der Waals surface area (Å²) in [6, 6.07) is 7.55. The molecule has 2 aliphatic heterocycles. The molecule has 0 bridgehead atoms. The summed E-state index contributed by atoms with van der Waals surface area (Å²) in [4.78, 5) is 24.4. The van der Waals surface area contributed by atoms with Gasteiger partial charge in [-0.2, -0.15) is 13.2 Å². The maximum atomic E-state index is 14.9. The number of imidazole rings is 1. The van der Waals surface area contributed by atoms with Gasteiger partial charge < -0.3 is 25.6 Å². The van der Waals surface area contributed by atoms with Crippen molar-refractivity contribution >= 4 is 23.1 Å². The second-order valence-corrected chi connectivity index (χ2v) is 11.6. The third-order valence-electron chi connectivity index (χ3n) is 8.60. The molecular weight excluding hydrogens is 590 g/mol. The lowest BCUT2D eigenvalue weighted by Gasteiger charge is -2.37. The first-order valence-corrected chi connectivity index (χ1v) is 15.2. The number of alkyl halides is 2. The van der Waals surface area contributed by atoms with Crippen LogP contribution in [0, 0.1) is 23.5 Å². The first-order chi connectivity index (χ1) is 21.8. The summed E-state index contributed by atoms with van der Waals surface area (Å²) >= 11 is 0. The van der Waals surface area contributed by atoms with Crippen LogP contribution < -0.4 is 20.7 Å². The van der Waals surface area contributed by atoms with Gasteiger partial charge in [-0.05, 0) is 80.1 Å². The fourth-order valence-electron chi connectivity index (χ4n) is 5.99. The number of anilines is 2. The summed E-state index contributed by atoms with van der Waals surface area (Å²) in [6.07, 6.45) is 7.14. The fraction of sp³-hybridized carbons (Fsp3) is 0.406. The highest BCUT2D eigenvalue weighted by atomic mass is 19.3. The number of likely N-dealkylation sites (tertiary alicyclic amines) is 1. The van der Waals surface area contributed by atoms with Crippen molar-refractivity contribution in [3.8, 4) is 17.0 Å². The number of nitrogens with one attached hydrogen (secondary N) is 3. The third kappa shape index (κ3) is 6.74. The van der Waals surface area contributed by atoms with Crippen LogP contribution in [0.3, 0.4) is 0 Å². The lowest BCUT2D eigenvalue weighted by Crippen LogP contribution is -2.50. The molecule has 0 saturated carbocycles. The summed E-state index contributed by atoms with van der Waals surface area (Å²) in [5, 5.41) is 9.68. The number of ether oxygens (including phenoxy) is 1. The van der Waals surface area contributed by atoms with E-state index < -0.39 is 24.0 Å². The molecule has 2 saturated heterocycles. The van der Waals surface area contributed by atoms with Crippen LogP contribution in [0.15, 0.2) is 48.9 Å². The molecule has 0 unspecified atom stereocenters. The Bertz CT molecular complexity index is 1670. The van der Waals surface area contributed by atoms with Crippen molar-refractivity contribution in [2.75, 3.05) is 44.6 Å². The number of piperidine rings is 1. The number of fused-ring (bicyclic) bond motifs is 1. The van der Waals surface area contributed by atoms with Gasteiger partial charge in [0.25, 0.3) is 5.91 Å². The molecular formula is C32H35F4N7O2. The highest BCUT2D eigenvalue weighted by Gasteiger charge is 2.25. The van der Waals surface area contributed by atoms with Crippen LogP contribution in [0.1, 0.15) is 35.7 Å². The van der Waals surface area contributed by atoms with Gasteiger partial charge in [0.05, 0.1) is 11.9 Å². The van der Waals surface area contributed by atoms with Crippen molar-refractivity contribution in [2.24, 2.45) is 11.8 Å². The van der Waals surface area contributed by atoms with Gasteiger partial charge in [0.2, 0.25) is 5.82 Å². The van der Waals surface area contributed by atoms with E-state index in [0.29, 0.717) is 41.6 Å². The van der Waals surface area contributed by atoms with E-state index in [2.05, 4.69) is 35.6 Å². The molecule has 0 spiro atoms. The van der Waals surface area contributed by atoms with E-state index in [0.717, 1.165) is 69.2 Å². The molecule has 13 heteroatoms. The molecule has 4 aromatic rings. The molecule has 0 aliphatic carbocycles. The van der Waals surface area contributed by atoms with Gasteiger partial charge in [-0.1, -0.05) is 6.92 Å². The zero-order valence-corrected chi connectivity index (χ0v) is 24.8. The van der Waals surface area contributed by atoms with E-state index in [1.54, 1.807) is 12.1 Å². The zero-order chi connectivity index (χ0) is 31.5. The lowest BCUT2D eigenvalue weighted by atomic mass is 9.94. The highest BCUT2D eigenvalue weighted by molar-refractivity contribution is 5.96. The Hall–Kier alpha value is -4.23. The monoisotopic (exact) mass is 625 g/mol. The minimum absolute atomic E-state index is 0.0984. The Labute approximate surface area is 258 Å². The first kappa shape index (κ1) is 30.8. The minimum atomic E-state index is -3.29.